The van der Waals surface area contributed by atoms with Crippen LogP contribution in [0.3, 0.4) is 0 Å². The van der Waals surface area contributed by atoms with Crippen molar-refractivity contribution < 1.29 is 13.9 Å². The molecule has 1 amide bonds. The van der Waals surface area contributed by atoms with Crippen LogP contribution >= 0.6 is 0 Å². The number of benzene rings is 1. The van der Waals surface area contributed by atoms with Gasteiger partial charge in [-0.25, -0.2) is 0 Å². The van der Waals surface area contributed by atoms with Crippen LogP contribution in [-0.4, -0.2) is 27.8 Å². The number of rotatable bonds is 4. The van der Waals surface area contributed by atoms with E-state index < -0.39 is 0 Å². The Morgan fingerprint density at radius 1 is 1.36 bits per heavy atom. The minimum atomic E-state index is -0.249. The van der Waals surface area contributed by atoms with Crippen molar-refractivity contribution in [2.75, 3.05) is 7.11 Å². The van der Waals surface area contributed by atoms with Gasteiger partial charge in [0.05, 0.1) is 13.7 Å². The van der Waals surface area contributed by atoms with E-state index in [1.807, 2.05) is 19.1 Å². The SMILES string of the molecule is COc1ccc2c(C)c(C(=O)NCc3nnc4n3CCCC4)oc2c1. The number of hydrogen-bond acceptors (Lipinski definition) is 5. The average molecular weight is 340 g/mol. The number of amides is 1. The first-order valence-electron chi connectivity index (χ1n) is 8.43. The van der Waals surface area contributed by atoms with E-state index in [-0.39, 0.29) is 5.91 Å². The molecule has 1 aromatic carbocycles. The fourth-order valence-electron chi connectivity index (χ4n) is 3.29. The molecule has 2 aromatic heterocycles. The zero-order valence-electron chi connectivity index (χ0n) is 14.3. The van der Waals surface area contributed by atoms with Crippen molar-refractivity contribution >= 4 is 16.9 Å². The molecule has 0 unspecified atom stereocenters. The van der Waals surface area contributed by atoms with Crippen molar-refractivity contribution in [3.63, 3.8) is 0 Å². The number of aromatic nitrogens is 3. The second-order valence-corrected chi connectivity index (χ2v) is 6.24. The number of carbonyl (C=O) groups excluding carboxylic acids is 1. The van der Waals surface area contributed by atoms with Crippen molar-refractivity contribution in [1.29, 1.82) is 0 Å². The van der Waals surface area contributed by atoms with Gasteiger partial charge in [0.2, 0.25) is 0 Å². The number of furan rings is 1. The first kappa shape index (κ1) is 15.7. The zero-order chi connectivity index (χ0) is 17.4. The molecule has 25 heavy (non-hydrogen) atoms. The Morgan fingerprint density at radius 3 is 3.08 bits per heavy atom. The van der Waals surface area contributed by atoms with Crippen LogP contribution in [0.1, 0.15) is 40.6 Å². The third kappa shape index (κ3) is 2.75. The molecule has 1 aliphatic rings. The van der Waals surface area contributed by atoms with Crippen molar-refractivity contribution in [3.05, 3.63) is 41.2 Å². The Kier molecular flexibility index (Phi) is 3.91. The van der Waals surface area contributed by atoms with Gasteiger partial charge in [-0.1, -0.05) is 0 Å². The van der Waals surface area contributed by atoms with E-state index in [1.165, 1.54) is 0 Å². The number of ether oxygens (including phenoxy) is 1. The summed E-state index contributed by atoms with van der Waals surface area (Å²) in [5.41, 5.74) is 1.46. The quantitative estimate of drug-likeness (QED) is 0.789. The van der Waals surface area contributed by atoms with Crippen LogP contribution < -0.4 is 10.1 Å². The topological polar surface area (TPSA) is 82.2 Å². The maximum atomic E-state index is 12.6. The van der Waals surface area contributed by atoms with Crippen molar-refractivity contribution in [2.45, 2.75) is 39.3 Å². The second kappa shape index (κ2) is 6.23. The molecule has 0 aliphatic carbocycles. The summed E-state index contributed by atoms with van der Waals surface area (Å²) in [7, 11) is 1.60. The van der Waals surface area contributed by atoms with Gasteiger partial charge in [-0.3, -0.25) is 4.79 Å². The summed E-state index contributed by atoms with van der Waals surface area (Å²) >= 11 is 0. The molecule has 7 nitrogen and oxygen atoms in total. The Labute approximate surface area is 145 Å². The summed E-state index contributed by atoms with van der Waals surface area (Å²) in [6.45, 7) is 3.13. The number of nitrogens with one attached hydrogen (secondary N) is 1. The molecule has 0 saturated carbocycles. The molecule has 0 spiro atoms. The van der Waals surface area contributed by atoms with E-state index >= 15 is 0 Å². The third-order valence-corrected chi connectivity index (χ3v) is 4.69. The van der Waals surface area contributed by atoms with Crippen LogP contribution in [0.15, 0.2) is 22.6 Å². The fraction of sp³-hybridized carbons (Fsp3) is 0.389. The maximum Gasteiger partial charge on any atom is 0.287 e. The lowest BCUT2D eigenvalue weighted by Gasteiger charge is -2.14. The number of carbonyl (C=O) groups is 1. The van der Waals surface area contributed by atoms with Crippen LogP contribution in [0, 0.1) is 6.92 Å². The Bertz CT molecular complexity index is 941. The molecule has 7 heteroatoms. The van der Waals surface area contributed by atoms with E-state index in [9.17, 15) is 4.79 Å². The number of hydrogen-bond donors (Lipinski definition) is 1. The first-order chi connectivity index (χ1) is 12.2. The standard InChI is InChI=1S/C18H20N4O3/c1-11-13-7-6-12(24-2)9-14(13)25-17(11)18(23)19-10-16-21-20-15-5-3-4-8-22(15)16/h6-7,9H,3-5,8,10H2,1-2H3,(H,19,23). The Morgan fingerprint density at radius 2 is 2.24 bits per heavy atom. The molecule has 130 valence electrons. The van der Waals surface area contributed by atoms with Gasteiger partial charge in [0, 0.05) is 30.0 Å². The monoisotopic (exact) mass is 340 g/mol. The summed E-state index contributed by atoms with van der Waals surface area (Å²) in [5.74, 6) is 2.56. The Balaban J connectivity index is 1.54. The van der Waals surface area contributed by atoms with Gasteiger partial charge in [0.15, 0.2) is 11.6 Å². The molecule has 4 rings (SSSR count). The van der Waals surface area contributed by atoms with E-state index in [0.29, 0.717) is 23.6 Å². The summed E-state index contributed by atoms with van der Waals surface area (Å²) in [6.07, 6.45) is 3.22. The lowest BCUT2D eigenvalue weighted by molar-refractivity contribution is 0.0923. The predicted octanol–water partition coefficient (Wildman–Crippen LogP) is 2.61. The van der Waals surface area contributed by atoms with Gasteiger partial charge in [0.25, 0.3) is 5.91 Å². The fourth-order valence-corrected chi connectivity index (χ4v) is 3.29. The van der Waals surface area contributed by atoms with E-state index in [0.717, 1.165) is 48.4 Å². The van der Waals surface area contributed by atoms with Crippen molar-refractivity contribution in [3.8, 4) is 5.75 Å². The molecule has 0 fully saturated rings. The van der Waals surface area contributed by atoms with Crippen LogP contribution in [0.2, 0.25) is 0 Å². The number of methoxy groups -OCH3 is 1. The highest BCUT2D eigenvalue weighted by molar-refractivity contribution is 5.99. The van der Waals surface area contributed by atoms with Crippen LogP contribution in [-0.2, 0) is 19.5 Å². The van der Waals surface area contributed by atoms with E-state index in [1.54, 1.807) is 13.2 Å². The molecule has 0 radical (unpaired) electrons. The van der Waals surface area contributed by atoms with E-state index in [2.05, 4.69) is 20.1 Å². The minimum Gasteiger partial charge on any atom is -0.497 e. The molecule has 1 aliphatic heterocycles. The highest BCUT2D eigenvalue weighted by atomic mass is 16.5. The summed E-state index contributed by atoms with van der Waals surface area (Å²) in [4.78, 5) is 12.6. The van der Waals surface area contributed by atoms with Gasteiger partial charge in [-0.2, -0.15) is 0 Å². The minimum absolute atomic E-state index is 0.249. The van der Waals surface area contributed by atoms with Gasteiger partial charge in [0.1, 0.15) is 17.2 Å². The lowest BCUT2D eigenvalue weighted by Crippen LogP contribution is -2.25. The zero-order valence-corrected chi connectivity index (χ0v) is 14.3. The predicted molar refractivity (Wildman–Crippen MR) is 91.6 cm³/mol. The van der Waals surface area contributed by atoms with Crippen LogP contribution in [0.4, 0.5) is 0 Å². The largest absolute Gasteiger partial charge is 0.497 e. The van der Waals surface area contributed by atoms with Crippen molar-refractivity contribution in [1.82, 2.24) is 20.1 Å². The van der Waals surface area contributed by atoms with Gasteiger partial charge < -0.3 is 19.0 Å². The van der Waals surface area contributed by atoms with Gasteiger partial charge >= 0.3 is 0 Å². The van der Waals surface area contributed by atoms with Gasteiger partial charge in [-0.15, -0.1) is 10.2 Å². The average Bonchev–Trinajstić information content (AvgIpc) is 3.20. The molecule has 0 bridgehead atoms. The van der Waals surface area contributed by atoms with Crippen LogP contribution in [0.25, 0.3) is 11.0 Å². The van der Waals surface area contributed by atoms with Crippen molar-refractivity contribution in [2.24, 2.45) is 0 Å². The summed E-state index contributed by atoms with van der Waals surface area (Å²) in [5, 5.41) is 12.2. The number of nitrogens with zero attached hydrogens (tertiary/aromatic N) is 3. The summed E-state index contributed by atoms with van der Waals surface area (Å²) in [6, 6.07) is 5.54. The maximum absolute atomic E-state index is 12.6. The third-order valence-electron chi connectivity index (χ3n) is 4.69. The molecule has 0 atom stereocenters. The summed E-state index contributed by atoms with van der Waals surface area (Å²) < 4.78 is 13.1. The molecule has 3 heterocycles. The lowest BCUT2D eigenvalue weighted by atomic mass is 10.1. The molecule has 3 aromatic rings. The highest BCUT2D eigenvalue weighted by Crippen LogP contribution is 2.28. The molecule has 1 N–H and O–H groups in total. The molecule has 0 saturated heterocycles. The highest BCUT2D eigenvalue weighted by Gasteiger charge is 2.20. The number of fused-ring (bicyclic) bond motifs is 2. The second-order valence-electron chi connectivity index (χ2n) is 6.24. The first-order valence-corrected chi connectivity index (χ1v) is 8.43. The normalized spacial score (nSPS) is 13.7. The smallest absolute Gasteiger partial charge is 0.287 e. The Hall–Kier alpha value is -2.83. The molecular weight excluding hydrogens is 320 g/mol. The molecular formula is C18H20N4O3. The number of aryl methyl sites for hydroxylation is 2. The van der Waals surface area contributed by atoms with Crippen LogP contribution in [0.5, 0.6) is 5.75 Å². The van der Waals surface area contributed by atoms with Gasteiger partial charge in [-0.05, 0) is 31.9 Å². The van der Waals surface area contributed by atoms with E-state index in [4.69, 9.17) is 9.15 Å².